The summed E-state index contributed by atoms with van der Waals surface area (Å²) in [6, 6.07) is 13.7. The van der Waals surface area contributed by atoms with Gasteiger partial charge in [-0.2, -0.15) is 4.31 Å². The average molecular weight is 412 g/mol. The van der Waals surface area contributed by atoms with E-state index in [0.29, 0.717) is 0 Å². The van der Waals surface area contributed by atoms with Crippen LogP contribution in [0.2, 0.25) is 0 Å². The minimum atomic E-state index is -3.84. The van der Waals surface area contributed by atoms with Crippen LogP contribution in [0.4, 0.5) is 0 Å². The summed E-state index contributed by atoms with van der Waals surface area (Å²) in [5, 5.41) is 0. The van der Waals surface area contributed by atoms with Crippen LogP contribution in [-0.2, 0) is 21.4 Å². The number of aryl methyl sites for hydroxylation is 1. The van der Waals surface area contributed by atoms with Crippen molar-refractivity contribution in [1.82, 2.24) is 9.73 Å². The maximum atomic E-state index is 12.9. The molecule has 0 aliphatic rings. The minimum Gasteiger partial charge on any atom is -0.293 e. The first-order valence-corrected chi connectivity index (χ1v) is 9.37. The first-order chi connectivity index (χ1) is 11.3. The fraction of sp³-hybridized carbons (Fsp3) is 0.188. The molecule has 6 nitrogen and oxygen atoms in total. The zero-order valence-corrected chi connectivity index (χ0v) is 15.5. The Hall–Kier alpha value is -1.74. The van der Waals surface area contributed by atoms with E-state index in [1.165, 1.54) is 12.1 Å². The highest BCUT2D eigenvalue weighted by molar-refractivity contribution is 9.10. The summed E-state index contributed by atoms with van der Waals surface area (Å²) >= 11 is 3.27. The fourth-order valence-corrected chi connectivity index (χ4v) is 3.73. The maximum Gasteiger partial charge on any atom is 0.249 e. The number of rotatable bonds is 6. The minimum absolute atomic E-state index is 0.0755. The van der Waals surface area contributed by atoms with Gasteiger partial charge in [-0.3, -0.25) is 10.2 Å². The number of nitrogens with two attached hydrogens (primary N) is 1. The molecule has 0 aromatic heterocycles. The fourth-order valence-electron chi connectivity index (χ4n) is 2.08. The van der Waals surface area contributed by atoms with E-state index in [9.17, 15) is 13.2 Å². The summed E-state index contributed by atoms with van der Waals surface area (Å²) in [7, 11) is -3.84. The highest BCUT2D eigenvalue weighted by Crippen LogP contribution is 2.20. The van der Waals surface area contributed by atoms with Crippen LogP contribution in [0.25, 0.3) is 0 Å². The van der Waals surface area contributed by atoms with Crippen molar-refractivity contribution in [3.8, 4) is 0 Å². The zero-order valence-electron chi connectivity index (χ0n) is 13.1. The molecule has 8 heteroatoms. The van der Waals surface area contributed by atoms with Gasteiger partial charge < -0.3 is 0 Å². The van der Waals surface area contributed by atoms with E-state index in [-0.39, 0.29) is 18.0 Å². The molecular weight excluding hydrogens is 394 g/mol. The lowest BCUT2D eigenvalue weighted by Gasteiger charge is -2.21. The lowest BCUT2D eigenvalue weighted by atomic mass is 10.1. The Bertz CT molecular complexity index is 805. The van der Waals surface area contributed by atoms with Gasteiger partial charge in [0.15, 0.2) is 0 Å². The van der Waals surface area contributed by atoms with Gasteiger partial charge in [-0.1, -0.05) is 45.8 Å². The number of hydrazine groups is 1. The Balaban J connectivity index is 2.35. The third kappa shape index (κ3) is 4.64. The van der Waals surface area contributed by atoms with Crippen LogP contribution in [0, 0.1) is 6.92 Å². The number of amides is 1. The number of carbonyl (C=O) groups excluding carboxylic acids is 1. The molecule has 0 bridgehead atoms. The molecule has 0 spiro atoms. The van der Waals surface area contributed by atoms with Crippen molar-refractivity contribution < 1.29 is 13.2 Å². The molecule has 128 valence electrons. The topological polar surface area (TPSA) is 92.5 Å². The highest BCUT2D eigenvalue weighted by Gasteiger charge is 2.26. The van der Waals surface area contributed by atoms with Gasteiger partial charge in [-0.05, 0) is 36.8 Å². The second-order valence-corrected chi connectivity index (χ2v) is 8.13. The van der Waals surface area contributed by atoms with Crippen molar-refractivity contribution in [2.45, 2.75) is 18.4 Å². The van der Waals surface area contributed by atoms with Gasteiger partial charge in [-0.25, -0.2) is 14.3 Å². The van der Waals surface area contributed by atoms with Crippen LogP contribution in [0.3, 0.4) is 0 Å². The number of hydrogen-bond acceptors (Lipinski definition) is 4. The quantitative estimate of drug-likeness (QED) is 0.431. The van der Waals surface area contributed by atoms with Gasteiger partial charge in [0.2, 0.25) is 15.9 Å². The van der Waals surface area contributed by atoms with Crippen LogP contribution < -0.4 is 11.3 Å². The summed E-state index contributed by atoms with van der Waals surface area (Å²) in [6.45, 7) is 1.66. The monoisotopic (exact) mass is 411 g/mol. The standard InChI is InChI=1S/C16H18BrN3O3S/c1-12-2-4-13(5-3-12)10-20(11-16(21)19-18)24(22,23)15-8-6-14(17)7-9-15/h2-9H,10-11,18H2,1H3,(H,19,21). The molecule has 0 atom stereocenters. The van der Waals surface area contributed by atoms with Crippen molar-refractivity contribution in [3.05, 3.63) is 64.1 Å². The Morgan fingerprint density at radius 3 is 2.25 bits per heavy atom. The summed E-state index contributed by atoms with van der Waals surface area (Å²) in [5.41, 5.74) is 3.82. The molecule has 0 radical (unpaired) electrons. The first kappa shape index (κ1) is 18.6. The van der Waals surface area contributed by atoms with Crippen LogP contribution in [-0.4, -0.2) is 25.2 Å². The second-order valence-electron chi connectivity index (χ2n) is 5.28. The Labute approximate surface area is 149 Å². The van der Waals surface area contributed by atoms with Gasteiger partial charge in [0.1, 0.15) is 0 Å². The maximum absolute atomic E-state index is 12.9. The largest absolute Gasteiger partial charge is 0.293 e. The summed E-state index contributed by atoms with van der Waals surface area (Å²) in [5.74, 6) is 4.53. The second kappa shape index (κ2) is 7.89. The van der Waals surface area contributed by atoms with E-state index in [1.807, 2.05) is 36.6 Å². The van der Waals surface area contributed by atoms with E-state index in [4.69, 9.17) is 5.84 Å². The highest BCUT2D eigenvalue weighted by atomic mass is 79.9. The van der Waals surface area contributed by atoms with Crippen molar-refractivity contribution >= 4 is 31.9 Å². The Morgan fingerprint density at radius 1 is 1.12 bits per heavy atom. The summed E-state index contributed by atoms with van der Waals surface area (Å²) < 4.78 is 27.6. The third-order valence-corrected chi connectivity index (χ3v) is 5.75. The number of benzene rings is 2. The lowest BCUT2D eigenvalue weighted by molar-refractivity contribution is -0.121. The average Bonchev–Trinajstić information content (AvgIpc) is 2.56. The predicted molar refractivity (Wildman–Crippen MR) is 95.2 cm³/mol. The van der Waals surface area contributed by atoms with E-state index < -0.39 is 15.9 Å². The zero-order chi connectivity index (χ0) is 17.7. The molecule has 24 heavy (non-hydrogen) atoms. The molecular formula is C16H18BrN3O3S. The SMILES string of the molecule is Cc1ccc(CN(CC(=O)NN)S(=O)(=O)c2ccc(Br)cc2)cc1. The van der Waals surface area contributed by atoms with Gasteiger partial charge in [-0.15, -0.1) is 0 Å². The molecule has 0 saturated carbocycles. The summed E-state index contributed by atoms with van der Waals surface area (Å²) in [6.07, 6.45) is 0. The van der Waals surface area contributed by atoms with Crippen molar-refractivity contribution in [2.75, 3.05) is 6.54 Å². The summed E-state index contributed by atoms with van der Waals surface area (Å²) in [4.78, 5) is 11.8. The number of hydrogen-bond donors (Lipinski definition) is 2. The molecule has 0 aliphatic carbocycles. The normalized spacial score (nSPS) is 11.5. The third-order valence-electron chi connectivity index (χ3n) is 3.41. The Kier molecular flexibility index (Phi) is 6.11. The van der Waals surface area contributed by atoms with Crippen molar-refractivity contribution in [3.63, 3.8) is 0 Å². The molecule has 0 unspecified atom stereocenters. The van der Waals surface area contributed by atoms with Gasteiger partial charge >= 0.3 is 0 Å². The van der Waals surface area contributed by atoms with Gasteiger partial charge in [0, 0.05) is 11.0 Å². The van der Waals surface area contributed by atoms with Gasteiger partial charge in [0.25, 0.3) is 0 Å². The van der Waals surface area contributed by atoms with Gasteiger partial charge in [0.05, 0.1) is 11.4 Å². The number of nitrogens with one attached hydrogen (secondary N) is 1. The number of sulfonamides is 1. The Morgan fingerprint density at radius 2 is 1.71 bits per heavy atom. The number of carbonyl (C=O) groups is 1. The van der Waals surface area contributed by atoms with Crippen molar-refractivity contribution in [2.24, 2.45) is 5.84 Å². The van der Waals surface area contributed by atoms with Crippen LogP contribution >= 0.6 is 15.9 Å². The molecule has 2 rings (SSSR count). The van der Waals surface area contributed by atoms with Crippen LogP contribution in [0.5, 0.6) is 0 Å². The number of nitrogens with zero attached hydrogens (tertiary/aromatic N) is 1. The smallest absolute Gasteiger partial charge is 0.249 e. The molecule has 0 fully saturated rings. The van der Waals surface area contributed by atoms with E-state index >= 15 is 0 Å². The lowest BCUT2D eigenvalue weighted by Crippen LogP contribution is -2.42. The van der Waals surface area contributed by atoms with E-state index in [0.717, 1.165) is 19.9 Å². The van der Waals surface area contributed by atoms with E-state index in [1.54, 1.807) is 12.1 Å². The first-order valence-electron chi connectivity index (χ1n) is 7.13. The molecule has 2 aromatic rings. The molecule has 1 amide bonds. The van der Waals surface area contributed by atoms with Crippen LogP contribution in [0.1, 0.15) is 11.1 Å². The molecule has 3 N–H and O–H groups in total. The predicted octanol–water partition coefficient (Wildman–Crippen LogP) is 1.94. The van der Waals surface area contributed by atoms with Crippen molar-refractivity contribution in [1.29, 1.82) is 0 Å². The number of halogens is 1. The molecule has 0 heterocycles. The molecule has 2 aromatic carbocycles. The molecule has 0 saturated heterocycles. The van der Waals surface area contributed by atoms with E-state index in [2.05, 4.69) is 15.9 Å². The molecule has 0 aliphatic heterocycles. The van der Waals surface area contributed by atoms with Crippen LogP contribution in [0.15, 0.2) is 57.9 Å².